The monoisotopic (exact) mass is 338 g/mol. The van der Waals surface area contributed by atoms with Crippen molar-refractivity contribution < 1.29 is 4.52 Å². The zero-order valence-corrected chi connectivity index (χ0v) is 14.4. The highest BCUT2D eigenvalue weighted by Gasteiger charge is 2.36. The molecule has 0 saturated heterocycles. The van der Waals surface area contributed by atoms with E-state index in [0.717, 1.165) is 23.8 Å². The van der Waals surface area contributed by atoms with Crippen LogP contribution < -0.4 is 4.48 Å². The minimum atomic E-state index is 0.555. The molecule has 0 amide bonds. The van der Waals surface area contributed by atoms with E-state index in [1.54, 1.807) is 0 Å². The first-order valence-electron chi connectivity index (χ1n) is 9.40. The number of nitrogens with zero attached hydrogens (tertiary/aromatic N) is 4. The number of aliphatic imine (C=N–C) groups is 1. The van der Waals surface area contributed by atoms with Gasteiger partial charge in [-0.1, -0.05) is 18.0 Å². The topological polar surface area (TPSA) is 67.1 Å². The van der Waals surface area contributed by atoms with Crippen LogP contribution in [0.2, 0.25) is 0 Å². The highest BCUT2D eigenvalue weighted by atomic mass is 16.5. The first kappa shape index (κ1) is 15.1. The summed E-state index contributed by atoms with van der Waals surface area (Å²) in [5.74, 6) is 3.17. The van der Waals surface area contributed by atoms with Crippen molar-refractivity contribution in [3.8, 4) is 0 Å². The van der Waals surface area contributed by atoms with Crippen LogP contribution in [0.3, 0.4) is 0 Å². The zero-order chi connectivity index (χ0) is 16.7. The Morgan fingerprint density at radius 2 is 2.00 bits per heavy atom. The van der Waals surface area contributed by atoms with Crippen LogP contribution in [-0.4, -0.2) is 28.2 Å². The number of hydrogen-bond donors (Lipinski definition) is 1. The van der Waals surface area contributed by atoms with Crippen molar-refractivity contribution >= 4 is 12.2 Å². The lowest BCUT2D eigenvalue weighted by Crippen LogP contribution is -2.48. The van der Waals surface area contributed by atoms with E-state index >= 15 is 0 Å². The normalized spacial score (nSPS) is 26.6. The summed E-state index contributed by atoms with van der Waals surface area (Å²) in [6.45, 7) is 1.53. The Balaban J connectivity index is 1.44. The number of nitrogens with one attached hydrogen (secondary N) is 1. The maximum absolute atomic E-state index is 5.63. The number of aromatic amines is 1. The molecule has 130 valence electrons. The van der Waals surface area contributed by atoms with Crippen molar-refractivity contribution in [3.05, 3.63) is 41.6 Å². The van der Waals surface area contributed by atoms with Crippen LogP contribution in [0.5, 0.6) is 0 Å². The molecular formula is C19H24N5O+. The number of H-pyrrole nitrogens is 1. The van der Waals surface area contributed by atoms with Gasteiger partial charge in [-0.3, -0.25) is 5.10 Å². The Morgan fingerprint density at radius 1 is 1.12 bits per heavy atom. The van der Waals surface area contributed by atoms with Crippen molar-refractivity contribution in [2.24, 2.45) is 4.99 Å². The quantitative estimate of drug-likeness (QED) is 0.838. The van der Waals surface area contributed by atoms with Gasteiger partial charge >= 0.3 is 0 Å². The molecule has 6 heteroatoms. The molecule has 2 saturated carbocycles. The van der Waals surface area contributed by atoms with E-state index in [1.165, 1.54) is 44.2 Å². The highest BCUT2D eigenvalue weighted by Crippen LogP contribution is 2.40. The molecule has 2 fully saturated rings. The second-order valence-electron chi connectivity index (χ2n) is 7.68. The fourth-order valence-electron chi connectivity index (χ4n) is 4.10. The van der Waals surface area contributed by atoms with Crippen LogP contribution in [0.1, 0.15) is 67.5 Å². The van der Waals surface area contributed by atoms with Crippen LogP contribution in [0.4, 0.5) is 5.82 Å². The third-order valence-corrected chi connectivity index (χ3v) is 5.76. The molecule has 1 N–H and O–H groups in total. The summed E-state index contributed by atoms with van der Waals surface area (Å²) in [4.78, 5) is 4.41. The fraction of sp³-hybridized carbons (Fsp3) is 0.526. The summed E-state index contributed by atoms with van der Waals surface area (Å²) in [6, 6.07) is 4.35. The summed E-state index contributed by atoms with van der Waals surface area (Å²) < 4.78 is 6.19. The van der Waals surface area contributed by atoms with Crippen molar-refractivity contribution in [1.29, 1.82) is 0 Å². The van der Waals surface area contributed by atoms with Crippen molar-refractivity contribution in [1.82, 2.24) is 19.8 Å². The summed E-state index contributed by atoms with van der Waals surface area (Å²) in [5.41, 5.74) is 2.37. The van der Waals surface area contributed by atoms with Gasteiger partial charge in [-0.15, -0.1) is 5.10 Å². The van der Waals surface area contributed by atoms with Crippen molar-refractivity contribution in [2.45, 2.75) is 56.9 Å². The summed E-state index contributed by atoms with van der Waals surface area (Å²) >= 11 is 0. The maximum atomic E-state index is 5.63. The van der Waals surface area contributed by atoms with E-state index in [-0.39, 0.29) is 0 Å². The molecule has 3 aliphatic rings. The van der Waals surface area contributed by atoms with Crippen LogP contribution in [-0.2, 0) is 6.54 Å². The van der Waals surface area contributed by atoms with Gasteiger partial charge in [0.2, 0.25) is 0 Å². The van der Waals surface area contributed by atoms with Crippen LogP contribution in [0.25, 0.3) is 0 Å². The van der Waals surface area contributed by atoms with Crippen LogP contribution >= 0.6 is 0 Å². The number of rotatable bonds is 5. The molecule has 5 rings (SSSR count). The number of hydrogen-bond acceptors (Lipinski definition) is 4. The number of aromatic nitrogens is 3. The van der Waals surface area contributed by atoms with Gasteiger partial charge in [-0.05, 0) is 31.8 Å². The zero-order valence-electron chi connectivity index (χ0n) is 14.4. The van der Waals surface area contributed by atoms with Crippen molar-refractivity contribution in [3.63, 3.8) is 0 Å². The van der Waals surface area contributed by atoms with E-state index in [0.29, 0.717) is 22.9 Å². The van der Waals surface area contributed by atoms with Gasteiger partial charge in [0.1, 0.15) is 6.54 Å². The van der Waals surface area contributed by atoms with Gasteiger partial charge < -0.3 is 4.52 Å². The van der Waals surface area contributed by atoms with Crippen LogP contribution in [0, 0.1) is 0 Å². The third kappa shape index (κ3) is 2.84. The Hall–Kier alpha value is -2.21. The summed E-state index contributed by atoms with van der Waals surface area (Å²) in [6.07, 6.45) is 13.6. The van der Waals surface area contributed by atoms with E-state index in [1.807, 2.05) is 12.5 Å². The Morgan fingerprint density at radius 3 is 2.76 bits per heavy atom. The first-order chi connectivity index (χ1) is 12.3. The van der Waals surface area contributed by atoms with Crippen molar-refractivity contribution in [2.75, 3.05) is 6.54 Å². The standard InChI is InChI=1S/C19H24N5O/c1-2-5-14(4-1)17-11-19(22-21-17)24(9-3-8-20-13-24)12-16-10-18(23-25-16)15-6-7-15/h3,8,10-11,13-15H,1-2,4-7,9,12H2,(H,21,22)/q+1. The minimum absolute atomic E-state index is 0.555. The molecule has 3 heterocycles. The van der Waals surface area contributed by atoms with E-state index < -0.39 is 0 Å². The predicted octanol–water partition coefficient (Wildman–Crippen LogP) is 4.00. The average molecular weight is 338 g/mol. The van der Waals surface area contributed by atoms with Gasteiger partial charge in [0, 0.05) is 35.9 Å². The third-order valence-electron chi connectivity index (χ3n) is 5.76. The van der Waals surface area contributed by atoms with E-state index in [2.05, 4.69) is 38.6 Å². The number of quaternary nitrogens is 1. The highest BCUT2D eigenvalue weighted by molar-refractivity contribution is 5.73. The molecule has 1 unspecified atom stereocenters. The van der Waals surface area contributed by atoms with Crippen LogP contribution in [0.15, 0.2) is 33.9 Å². The minimum Gasteiger partial charge on any atom is -0.355 e. The molecule has 0 aromatic carbocycles. The second kappa shape index (κ2) is 5.95. The molecule has 6 nitrogen and oxygen atoms in total. The second-order valence-corrected chi connectivity index (χ2v) is 7.68. The maximum Gasteiger partial charge on any atom is 0.252 e. The van der Waals surface area contributed by atoms with Gasteiger partial charge in [-0.2, -0.15) is 0 Å². The molecule has 1 aliphatic heterocycles. The van der Waals surface area contributed by atoms with Gasteiger partial charge in [0.05, 0.1) is 5.69 Å². The van der Waals surface area contributed by atoms with Gasteiger partial charge in [0.25, 0.3) is 5.82 Å². The van der Waals surface area contributed by atoms with E-state index in [4.69, 9.17) is 4.52 Å². The molecule has 2 aromatic heterocycles. The Labute approximate surface area is 147 Å². The smallest absolute Gasteiger partial charge is 0.252 e. The Kier molecular flexibility index (Phi) is 3.59. The molecule has 2 aliphatic carbocycles. The average Bonchev–Trinajstić information content (AvgIpc) is 3.08. The molecule has 2 aromatic rings. The molecular weight excluding hydrogens is 314 g/mol. The molecule has 0 spiro atoms. The first-order valence-corrected chi connectivity index (χ1v) is 9.40. The van der Waals surface area contributed by atoms with E-state index in [9.17, 15) is 0 Å². The largest absolute Gasteiger partial charge is 0.355 e. The predicted molar refractivity (Wildman–Crippen MR) is 96.3 cm³/mol. The van der Waals surface area contributed by atoms with Gasteiger partial charge in [0.15, 0.2) is 18.6 Å². The lowest BCUT2D eigenvalue weighted by molar-refractivity contribution is 0.326. The fourth-order valence-corrected chi connectivity index (χ4v) is 4.10. The molecule has 0 bridgehead atoms. The molecule has 25 heavy (non-hydrogen) atoms. The molecule has 1 atom stereocenters. The van der Waals surface area contributed by atoms with Gasteiger partial charge in [-0.25, -0.2) is 9.48 Å². The lowest BCUT2D eigenvalue weighted by atomic mass is 10.0. The molecule has 0 radical (unpaired) electrons. The summed E-state index contributed by atoms with van der Waals surface area (Å²) in [5, 5.41) is 12.2. The summed E-state index contributed by atoms with van der Waals surface area (Å²) in [7, 11) is 0. The lowest BCUT2D eigenvalue weighted by Gasteiger charge is -2.30. The Bertz CT molecular complexity index is 809. The SMILES string of the molecule is C1=CN=C[N+](Cc2cc(C3CC3)no2)(c2cc(C3CCCC3)[nH]n2)C1.